The van der Waals surface area contributed by atoms with Gasteiger partial charge in [0.1, 0.15) is 5.75 Å². The van der Waals surface area contributed by atoms with Crippen molar-refractivity contribution in [1.29, 1.82) is 0 Å². The van der Waals surface area contributed by atoms with Crippen LogP contribution in [0.5, 0.6) is 5.75 Å². The van der Waals surface area contributed by atoms with E-state index in [2.05, 4.69) is 13.8 Å². The van der Waals surface area contributed by atoms with Gasteiger partial charge in [-0.25, -0.2) is 0 Å². The van der Waals surface area contributed by atoms with Gasteiger partial charge in [-0.15, -0.1) is 0 Å². The van der Waals surface area contributed by atoms with Crippen molar-refractivity contribution in [2.75, 3.05) is 13.1 Å². The third kappa shape index (κ3) is 3.20. The van der Waals surface area contributed by atoms with Crippen molar-refractivity contribution in [2.24, 2.45) is 0 Å². The monoisotopic (exact) mass is 223 g/mol. The van der Waals surface area contributed by atoms with Gasteiger partial charge in [0.15, 0.2) is 0 Å². The Labute approximate surface area is 96.9 Å². The summed E-state index contributed by atoms with van der Waals surface area (Å²) in [6, 6.07) is 7.89. The van der Waals surface area contributed by atoms with E-state index in [0.717, 1.165) is 24.4 Å². The zero-order valence-electron chi connectivity index (χ0n) is 9.49. The first kappa shape index (κ1) is 12.0. The van der Waals surface area contributed by atoms with Crippen LogP contribution in [0, 0.1) is 6.92 Å². The van der Waals surface area contributed by atoms with E-state index >= 15 is 0 Å². The first-order valence-electron chi connectivity index (χ1n) is 5.21. The van der Waals surface area contributed by atoms with Crippen LogP contribution in [0.1, 0.15) is 19.4 Å². The molecule has 1 aromatic carbocycles. The fraction of sp³-hybridized carbons (Fsp3) is 0.417. The number of ether oxygens (including phenoxy) is 1. The summed E-state index contributed by atoms with van der Waals surface area (Å²) in [5, 5.41) is 0.550. The highest BCUT2D eigenvalue weighted by molar-refractivity contribution is 7.80. The molecule has 1 aromatic rings. The largest absolute Gasteiger partial charge is 0.432 e. The van der Waals surface area contributed by atoms with Crippen molar-refractivity contribution in [1.82, 2.24) is 4.90 Å². The molecule has 82 valence electrons. The molecule has 0 aliphatic carbocycles. The number of hydrogen-bond acceptors (Lipinski definition) is 2. The molecule has 0 aliphatic heterocycles. The maximum absolute atomic E-state index is 5.65. The molecule has 1 rings (SSSR count). The van der Waals surface area contributed by atoms with Crippen LogP contribution in [-0.2, 0) is 0 Å². The molecule has 0 aliphatic rings. The minimum atomic E-state index is 0.550. The Bertz CT molecular complexity index is 334. The van der Waals surface area contributed by atoms with Crippen molar-refractivity contribution in [3.63, 3.8) is 0 Å². The van der Waals surface area contributed by atoms with Gasteiger partial charge in [0.2, 0.25) is 0 Å². The molecule has 0 atom stereocenters. The van der Waals surface area contributed by atoms with Gasteiger partial charge in [-0.2, -0.15) is 0 Å². The molecule has 0 aromatic heterocycles. The van der Waals surface area contributed by atoms with E-state index in [0.29, 0.717) is 5.17 Å². The molecule has 0 saturated carbocycles. The standard InChI is InChI=1S/C12H17NOS/c1-4-13(5-2)12(15)14-11-9-7-6-8-10(11)3/h6-9H,4-5H2,1-3H3. The van der Waals surface area contributed by atoms with Crippen molar-refractivity contribution in [3.05, 3.63) is 29.8 Å². The van der Waals surface area contributed by atoms with Crippen molar-refractivity contribution < 1.29 is 4.74 Å². The zero-order valence-corrected chi connectivity index (χ0v) is 10.3. The predicted molar refractivity (Wildman–Crippen MR) is 67.3 cm³/mol. The van der Waals surface area contributed by atoms with E-state index in [9.17, 15) is 0 Å². The van der Waals surface area contributed by atoms with E-state index < -0.39 is 0 Å². The summed E-state index contributed by atoms with van der Waals surface area (Å²) in [5.74, 6) is 0.842. The topological polar surface area (TPSA) is 12.5 Å². The van der Waals surface area contributed by atoms with Gasteiger partial charge in [0.05, 0.1) is 0 Å². The Morgan fingerprint density at radius 1 is 1.27 bits per heavy atom. The summed E-state index contributed by atoms with van der Waals surface area (Å²) in [7, 11) is 0. The lowest BCUT2D eigenvalue weighted by Crippen LogP contribution is -2.32. The number of aryl methyl sites for hydroxylation is 1. The Hall–Kier alpha value is -1.09. The zero-order chi connectivity index (χ0) is 11.3. The Morgan fingerprint density at radius 2 is 1.87 bits per heavy atom. The molecule has 0 unspecified atom stereocenters. The van der Waals surface area contributed by atoms with Crippen LogP contribution in [0.3, 0.4) is 0 Å². The average Bonchev–Trinajstić information content (AvgIpc) is 2.23. The lowest BCUT2D eigenvalue weighted by atomic mass is 10.2. The van der Waals surface area contributed by atoms with Crippen LogP contribution < -0.4 is 4.74 Å². The quantitative estimate of drug-likeness (QED) is 0.731. The maximum Gasteiger partial charge on any atom is 0.264 e. The molecule has 2 nitrogen and oxygen atoms in total. The van der Waals surface area contributed by atoms with E-state index in [1.54, 1.807) is 0 Å². The summed E-state index contributed by atoms with van der Waals surface area (Å²) in [5.41, 5.74) is 1.10. The first-order chi connectivity index (χ1) is 7.19. The molecule has 0 saturated heterocycles. The molecule has 0 heterocycles. The smallest absolute Gasteiger partial charge is 0.264 e. The minimum Gasteiger partial charge on any atom is -0.432 e. The molecule has 3 heteroatoms. The number of hydrogen-bond donors (Lipinski definition) is 0. The Balaban J connectivity index is 2.70. The van der Waals surface area contributed by atoms with Crippen molar-refractivity contribution >= 4 is 17.4 Å². The number of benzene rings is 1. The summed E-state index contributed by atoms with van der Waals surface area (Å²) in [4.78, 5) is 2.02. The lowest BCUT2D eigenvalue weighted by molar-refractivity contribution is 0.377. The van der Waals surface area contributed by atoms with Crippen LogP contribution in [0.25, 0.3) is 0 Å². The van der Waals surface area contributed by atoms with Gasteiger partial charge < -0.3 is 9.64 Å². The van der Waals surface area contributed by atoms with Crippen LogP contribution in [0.4, 0.5) is 0 Å². The molecular formula is C12H17NOS. The highest BCUT2D eigenvalue weighted by atomic mass is 32.1. The second-order valence-corrected chi connectivity index (χ2v) is 3.65. The second-order valence-electron chi connectivity index (χ2n) is 3.31. The molecule has 0 radical (unpaired) electrons. The van der Waals surface area contributed by atoms with Gasteiger partial charge in [-0.3, -0.25) is 0 Å². The molecule has 0 fully saturated rings. The average molecular weight is 223 g/mol. The number of para-hydroxylation sites is 1. The summed E-state index contributed by atoms with van der Waals surface area (Å²) in [6.45, 7) is 7.90. The van der Waals surface area contributed by atoms with Crippen LogP contribution >= 0.6 is 12.2 Å². The lowest BCUT2D eigenvalue weighted by Gasteiger charge is -2.21. The highest BCUT2D eigenvalue weighted by Gasteiger charge is 2.08. The Kier molecular flexibility index (Phi) is 4.56. The third-order valence-corrected chi connectivity index (χ3v) is 2.65. The second kappa shape index (κ2) is 5.71. The van der Waals surface area contributed by atoms with Crippen LogP contribution in [0.15, 0.2) is 24.3 Å². The summed E-state index contributed by atoms with van der Waals surface area (Å²) >= 11 is 5.22. The Morgan fingerprint density at radius 3 is 2.40 bits per heavy atom. The molecule has 0 spiro atoms. The van der Waals surface area contributed by atoms with Gasteiger partial charge >= 0.3 is 0 Å². The molecule has 0 N–H and O–H groups in total. The predicted octanol–water partition coefficient (Wildman–Crippen LogP) is 3.00. The fourth-order valence-corrected chi connectivity index (χ4v) is 1.66. The van der Waals surface area contributed by atoms with E-state index in [1.807, 2.05) is 36.1 Å². The van der Waals surface area contributed by atoms with Gasteiger partial charge in [0.25, 0.3) is 5.17 Å². The van der Waals surface area contributed by atoms with Crippen molar-refractivity contribution in [2.45, 2.75) is 20.8 Å². The van der Waals surface area contributed by atoms with Crippen LogP contribution in [0.2, 0.25) is 0 Å². The fourth-order valence-electron chi connectivity index (χ4n) is 1.31. The normalized spacial score (nSPS) is 9.80. The molecular weight excluding hydrogens is 206 g/mol. The van der Waals surface area contributed by atoms with Gasteiger partial charge in [-0.05, 0) is 44.6 Å². The number of thiocarbonyl (C=S) groups is 1. The van der Waals surface area contributed by atoms with E-state index in [1.165, 1.54) is 0 Å². The van der Waals surface area contributed by atoms with Crippen LogP contribution in [-0.4, -0.2) is 23.2 Å². The molecule has 15 heavy (non-hydrogen) atoms. The minimum absolute atomic E-state index is 0.550. The maximum atomic E-state index is 5.65. The number of rotatable bonds is 3. The summed E-state index contributed by atoms with van der Waals surface area (Å²) < 4.78 is 5.65. The SMILES string of the molecule is CCN(CC)C(=S)Oc1ccccc1C. The summed E-state index contributed by atoms with van der Waals surface area (Å²) in [6.07, 6.45) is 0. The van der Waals surface area contributed by atoms with E-state index in [-0.39, 0.29) is 0 Å². The van der Waals surface area contributed by atoms with E-state index in [4.69, 9.17) is 17.0 Å². The van der Waals surface area contributed by atoms with Gasteiger partial charge in [-0.1, -0.05) is 18.2 Å². The van der Waals surface area contributed by atoms with Crippen molar-refractivity contribution in [3.8, 4) is 5.75 Å². The van der Waals surface area contributed by atoms with Gasteiger partial charge in [0, 0.05) is 13.1 Å². The third-order valence-electron chi connectivity index (χ3n) is 2.31. The first-order valence-corrected chi connectivity index (χ1v) is 5.62. The number of nitrogens with zero attached hydrogens (tertiary/aromatic N) is 1. The molecule has 0 amide bonds. The molecule has 0 bridgehead atoms. The highest BCUT2D eigenvalue weighted by Crippen LogP contribution is 2.17.